The fourth-order valence-corrected chi connectivity index (χ4v) is 1.94. The number of para-hydroxylation sites is 1. The minimum absolute atomic E-state index is 0.109. The second-order valence-corrected chi connectivity index (χ2v) is 4.85. The number of hydrogen-bond acceptors (Lipinski definition) is 3. The van der Waals surface area contributed by atoms with E-state index in [9.17, 15) is 9.59 Å². The molecule has 1 aromatic heterocycles. The number of halogens is 1. The van der Waals surface area contributed by atoms with Crippen molar-refractivity contribution in [3.8, 4) is 0 Å². The number of nitrogens with one attached hydrogen (secondary N) is 1. The molecule has 0 bridgehead atoms. The Morgan fingerprint density at radius 3 is 2.79 bits per heavy atom. The molecule has 2 aromatic rings. The van der Waals surface area contributed by atoms with Crippen LogP contribution in [0.3, 0.4) is 0 Å². The molecule has 0 spiro atoms. The summed E-state index contributed by atoms with van der Waals surface area (Å²) < 4.78 is 1.93. The SMILES string of the molecule is Cc1ccc(=O)n(CC(=O)Nc2ccccc2Br)n1. The third-order valence-electron chi connectivity index (χ3n) is 2.44. The molecule has 0 saturated carbocycles. The van der Waals surface area contributed by atoms with Gasteiger partial charge in [0.15, 0.2) is 0 Å². The number of rotatable bonds is 3. The van der Waals surface area contributed by atoms with Crippen LogP contribution in [0.25, 0.3) is 0 Å². The van der Waals surface area contributed by atoms with Crippen LogP contribution in [0, 0.1) is 6.92 Å². The van der Waals surface area contributed by atoms with Gasteiger partial charge in [-0.1, -0.05) is 12.1 Å². The van der Waals surface area contributed by atoms with Crippen molar-refractivity contribution in [2.24, 2.45) is 0 Å². The zero-order chi connectivity index (χ0) is 13.8. The molecule has 19 heavy (non-hydrogen) atoms. The summed E-state index contributed by atoms with van der Waals surface area (Å²) in [6.45, 7) is 1.66. The van der Waals surface area contributed by atoms with Gasteiger partial charge < -0.3 is 5.32 Å². The first-order valence-electron chi connectivity index (χ1n) is 5.65. The molecule has 0 aliphatic carbocycles. The molecular formula is C13H12BrN3O2. The van der Waals surface area contributed by atoms with Crippen molar-refractivity contribution >= 4 is 27.5 Å². The molecule has 0 unspecified atom stereocenters. The predicted molar refractivity (Wildman–Crippen MR) is 76.0 cm³/mol. The Morgan fingerprint density at radius 1 is 1.32 bits per heavy atom. The van der Waals surface area contributed by atoms with Gasteiger partial charge in [-0.25, -0.2) is 4.68 Å². The molecule has 0 radical (unpaired) electrons. The van der Waals surface area contributed by atoms with Crippen LogP contribution in [0.2, 0.25) is 0 Å². The summed E-state index contributed by atoms with van der Waals surface area (Å²) in [5, 5.41) is 6.73. The van der Waals surface area contributed by atoms with E-state index in [-0.39, 0.29) is 18.0 Å². The maximum atomic E-state index is 11.9. The predicted octanol–water partition coefficient (Wildman–Crippen LogP) is 1.95. The average molecular weight is 322 g/mol. The van der Waals surface area contributed by atoms with Crippen molar-refractivity contribution in [3.63, 3.8) is 0 Å². The van der Waals surface area contributed by atoms with E-state index < -0.39 is 0 Å². The Hall–Kier alpha value is -1.95. The van der Waals surface area contributed by atoms with Gasteiger partial charge in [-0.15, -0.1) is 0 Å². The quantitative estimate of drug-likeness (QED) is 0.939. The van der Waals surface area contributed by atoms with Crippen LogP contribution in [-0.4, -0.2) is 15.7 Å². The van der Waals surface area contributed by atoms with Crippen LogP contribution in [0.5, 0.6) is 0 Å². The van der Waals surface area contributed by atoms with Crippen molar-refractivity contribution in [1.82, 2.24) is 9.78 Å². The fourth-order valence-electron chi connectivity index (χ4n) is 1.55. The average Bonchev–Trinajstić information content (AvgIpc) is 2.37. The molecule has 1 amide bonds. The highest BCUT2D eigenvalue weighted by atomic mass is 79.9. The second kappa shape index (κ2) is 5.79. The lowest BCUT2D eigenvalue weighted by Gasteiger charge is -2.08. The zero-order valence-corrected chi connectivity index (χ0v) is 11.8. The van der Waals surface area contributed by atoms with Crippen LogP contribution in [0.1, 0.15) is 5.69 Å². The first-order valence-corrected chi connectivity index (χ1v) is 6.45. The molecule has 0 aliphatic heterocycles. The highest BCUT2D eigenvalue weighted by Crippen LogP contribution is 2.20. The molecule has 98 valence electrons. The minimum Gasteiger partial charge on any atom is -0.323 e. The molecule has 5 nitrogen and oxygen atoms in total. The molecule has 2 rings (SSSR count). The van der Waals surface area contributed by atoms with Crippen LogP contribution < -0.4 is 10.9 Å². The van der Waals surface area contributed by atoms with Crippen molar-refractivity contribution in [2.45, 2.75) is 13.5 Å². The van der Waals surface area contributed by atoms with Crippen LogP contribution in [-0.2, 0) is 11.3 Å². The van der Waals surface area contributed by atoms with E-state index in [0.717, 1.165) is 9.15 Å². The van der Waals surface area contributed by atoms with E-state index >= 15 is 0 Å². The standard InChI is InChI=1S/C13H12BrN3O2/c1-9-6-7-13(19)17(16-9)8-12(18)15-11-5-3-2-4-10(11)14/h2-7H,8H2,1H3,(H,15,18). The summed E-state index contributed by atoms with van der Waals surface area (Å²) in [6.07, 6.45) is 0. The number of aromatic nitrogens is 2. The van der Waals surface area contributed by atoms with Gasteiger partial charge in [-0.05, 0) is 41.1 Å². The first kappa shape index (κ1) is 13.5. The summed E-state index contributed by atoms with van der Waals surface area (Å²) in [7, 11) is 0. The van der Waals surface area contributed by atoms with Crippen molar-refractivity contribution in [3.05, 3.63) is 56.9 Å². The third kappa shape index (κ3) is 3.51. The lowest BCUT2D eigenvalue weighted by atomic mass is 10.3. The lowest BCUT2D eigenvalue weighted by Crippen LogP contribution is -2.29. The Balaban J connectivity index is 2.12. The number of aryl methyl sites for hydroxylation is 1. The number of benzene rings is 1. The van der Waals surface area contributed by atoms with Gasteiger partial charge in [0.2, 0.25) is 5.91 Å². The molecule has 0 atom stereocenters. The monoisotopic (exact) mass is 321 g/mol. The summed E-state index contributed by atoms with van der Waals surface area (Å²) in [5.41, 5.74) is 1.05. The third-order valence-corrected chi connectivity index (χ3v) is 3.13. The van der Waals surface area contributed by atoms with E-state index in [1.54, 1.807) is 19.1 Å². The highest BCUT2D eigenvalue weighted by Gasteiger charge is 2.07. The normalized spacial score (nSPS) is 10.2. The molecule has 0 aliphatic rings. The Kier molecular flexibility index (Phi) is 4.11. The topological polar surface area (TPSA) is 64.0 Å². The lowest BCUT2D eigenvalue weighted by molar-refractivity contribution is -0.117. The van der Waals surface area contributed by atoms with Crippen LogP contribution in [0.4, 0.5) is 5.69 Å². The summed E-state index contributed by atoms with van der Waals surface area (Å²) in [4.78, 5) is 23.4. The molecule has 6 heteroatoms. The summed E-state index contributed by atoms with van der Waals surface area (Å²) in [5.74, 6) is -0.299. The van der Waals surface area contributed by atoms with Crippen molar-refractivity contribution < 1.29 is 4.79 Å². The van der Waals surface area contributed by atoms with Gasteiger partial charge in [0.1, 0.15) is 6.54 Å². The van der Waals surface area contributed by atoms with E-state index in [0.29, 0.717) is 11.4 Å². The Bertz CT molecular complexity index is 667. The smallest absolute Gasteiger partial charge is 0.267 e. The second-order valence-electron chi connectivity index (χ2n) is 4.00. The minimum atomic E-state index is -0.299. The van der Waals surface area contributed by atoms with Crippen molar-refractivity contribution in [2.75, 3.05) is 5.32 Å². The molecule has 1 N–H and O–H groups in total. The molecule has 1 aromatic carbocycles. The number of anilines is 1. The van der Waals surface area contributed by atoms with Gasteiger partial charge >= 0.3 is 0 Å². The number of hydrogen-bond donors (Lipinski definition) is 1. The fraction of sp³-hybridized carbons (Fsp3) is 0.154. The van der Waals surface area contributed by atoms with E-state index in [1.807, 2.05) is 18.2 Å². The Labute approximate surface area is 118 Å². The summed E-state index contributed by atoms with van der Waals surface area (Å²) in [6, 6.07) is 10.3. The van der Waals surface area contributed by atoms with E-state index in [2.05, 4.69) is 26.3 Å². The largest absolute Gasteiger partial charge is 0.323 e. The highest BCUT2D eigenvalue weighted by molar-refractivity contribution is 9.10. The maximum Gasteiger partial charge on any atom is 0.267 e. The number of nitrogens with zero attached hydrogens (tertiary/aromatic N) is 2. The van der Waals surface area contributed by atoms with Crippen molar-refractivity contribution in [1.29, 1.82) is 0 Å². The van der Waals surface area contributed by atoms with E-state index in [1.165, 1.54) is 6.07 Å². The molecule has 1 heterocycles. The van der Waals surface area contributed by atoms with Crippen LogP contribution in [0.15, 0.2) is 45.7 Å². The van der Waals surface area contributed by atoms with Gasteiger partial charge in [-0.2, -0.15) is 5.10 Å². The first-order chi connectivity index (χ1) is 9.06. The van der Waals surface area contributed by atoms with Gasteiger partial charge in [-0.3, -0.25) is 9.59 Å². The maximum absolute atomic E-state index is 11.9. The number of carbonyl (C=O) groups excluding carboxylic acids is 1. The van der Waals surface area contributed by atoms with Gasteiger partial charge in [0.25, 0.3) is 5.56 Å². The number of amides is 1. The van der Waals surface area contributed by atoms with Gasteiger partial charge in [0, 0.05) is 10.5 Å². The van der Waals surface area contributed by atoms with Crippen LogP contribution >= 0.6 is 15.9 Å². The molecule has 0 saturated heterocycles. The molecule has 0 fully saturated rings. The zero-order valence-electron chi connectivity index (χ0n) is 10.3. The van der Waals surface area contributed by atoms with Gasteiger partial charge in [0.05, 0.1) is 11.4 Å². The van der Waals surface area contributed by atoms with E-state index in [4.69, 9.17) is 0 Å². The Morgan fingerprint density at radius 2 is 2.05 bits per heavy atom. The summed E-state index contributed by atoms with van der Waals surface area (Å²) >= 11 is 3.34. The number of carbonyl (C=O) groups is 1. The molecular weight excluding hydrogens is 310 g/mol.